The van der Waals surface area contributed by atoms with Crippen LogP contribution in [0.25, 0.3) is 0 Å². The molecule has 2 atom stereocenters. The zero-order valence-electron chi connectivity index (χ0n) is 25.0. The Balaban J connectivity index is 1.16. The first kappa shape index (κ1) is 30.0. The number of rotatable bonds is 11. The summed E-state index contributed by atoms with van der Waals surface area (Å²) >= 11 is 1.35. The minimum Gasteiger partial charge on any atom is -0.371 e. The molecule has 12 nitrogen and oxygen atoms in total. The Labute approximate surface area is 264 Å². The molecular weight excluding hydrogens is 588 g/mol. The number of ketones is 2. The number of Topliss-reactive ketones (excluding diaryl/α,β-unsaturated/α-hetero) is 1. The largest absolute Gasteiger partial charge is 0.371 e. The van der Waals surface area contributed by atoms with Crippen molar-refractivity contribution in [3.63, 3.8) is 0 Å². The van der Waals surface area contributed by atoms with Gasteiger partial charge in [-0.3, -0.25) is 9.59 Å². The molecule has 45 heavy (non-hydrogen) atoms. The average molecular weight is 621 g/mol. The van der Waals surface area contributed by atoms with E-state index in [1.54, 1.807) is 24.3 Å². The minimum absolute atomic E-state index is 0.125. The Morgan fingerprint density at radius 2 is 1.56 bits per heavy atom. The standard InChI is InChI=1S/C32H32N10O2S/c1-32(2,3)42-31(37-40-41-42)28(20-9-5-4-6-10-20)34-22-15-13-21(14-16-22)27(30-35-38-39-36-30)33-17-18-45-26-19-25(43)23-11-7-8-12-24(23)29(26)44/h4-16,19,27-28,33-34H,17-18H2,1-3H3,(H,35,36,38,39). The predicted octanol–water partition coefficient (Wildman–Crippen LogP) is 4.52. The van der Waals surface area contributed by atoms with Crippen molar-refractivity contribution in [3.05, 3.63) is 124 Å². The highest BCUT2D eigenvalue weighted by Crippen LogP contribution is 2.30. The second kappa shape index (κ2) is 12.9. The van der Waals surface area contributed by atoms with E-state index in [2.05, 4.69) is 67.6 Å². The van der Waals surface area contributed by atoms with E-state index in [0.29, 0.717) is 40.0 Å². The number of aromatic nitrogens is 8. The molecule has 0 spiro atoms. The molecule has 5 aromatic rings. The van der Waals surface area contributed by atoms with Gasteiger partial charge in [0.15, 0.2) is 23.2 Å². The van der Waals surface area contributed by atoms with Crippen LogP contribution >= 0.6 is 11.8 Å². The SMILES string of the molecule is CC(C)(C)n1nnnc1C(Nc1ccc(C(NCCSC2=CC(=O)c3ccccc3C2=O)c2nnn[nH]2)cc1)c1ccccc1. The summed E-state index contributed by atoms with van der Waals surface area (Å²) in [5.41, 5.74) is 3.45. The monoisotopic (exact) mass is 620 g/mol. The number of benzene rings is 3. The van der Waals surface area contributed by atoms with E-state index in [1.807, 2.05) is 59.3 Å². The molecule has 1 aliphatic carbocycles. The van der Waals surface area contributed by atoms with Gasteiger partial charge >= 0.3 is 0 Å². The van der Waals surface area contributed by atoms with Gasteiger partial charge in [-0.2, -0.15) is 0 Å². The fourth-order valence-corrected chi connectivity index (χ4v) is 6.03. The van der Waals surface area contributed by atoms with Crippen LogP contribution in [0.2, 0.25) is 0 Å². The smallest absolute Gasteiger partial charge is 0.200 e. The number of allylic oxidation sites excluding steroid dienone is 2. The van der Waals surface area contributed by atoms with Crippen LogP contribution in [0.4, 0.5) is 5.69 Å². The van der Waals surface area contributed by atoms with E-state index in [-0.39, 0.29) is 29.2 Å². The summed E-state index contributed by atoms with van der Waals surface area (Å²) in [5.74, 6) is 1.55. The van der Waals surface area contributed by atoms with Crippen LogP contribution in [0.3, 0.4) is 0 Å². The van der Waals surface area contributed by atoms with Crippen molar-refractivity contribution in [3.8, 4) is 0 Å². The quantitative estimate of drug-likeness (QED) is 0.178. The second-order valence-corrected chi connectivity index (χ2v) is 12.6. The Bertz CT molecular complexity index is 1810. The Morgan fingerprint density at radius 3 is 2.27 bits per heavy atom. The van der Waals surface area contributed by atoms with Gasteiger partial charge in [-0.25, -0.2) is 9.78 Å². The number of hydrogen-bond acceptors (Lipinski definition) is 11. The second-order valence-electron chi connectivity index (χ2n) is 11.5. The highest BCUT2D eigenvalue weighted by molar-refractivity contribution is 8.04. The molecule has 228 valence electrons. The molecule has 1 aliphatic rings. The van der Waals surface area contributed by atoms with Crippen LogP contribution in [-0.4, -0.2) is 64.7 Å². The molecule has 0 radical (unpaired) electrons. The Kier molecular flexibility index (Phi) is 8.62. The predicted molar refractivity (Wildman–Crippen MR) is 171 cm³/mol. The number of fused-ring (bicyclic) bond motifs is 1. The lowest BCUT2D eigenvalue weighted by Crippen LogP contribution is -2.29. The number of nitrogens with one attached hydrogen (secondary N) is 3. The molecule has 0 fully saturated rings. The van der Waals surface area contributed by atoms with Gasteiger partial charge in [0, 0.05) is 35.2 Å². The van der Waals surface area contributed by atoms with Crippen molar-refractivity contribution in [2.45, 2.75) is 38.4 Å². The zero-order valence-corrected chi connectivity index (χ0v) is 25.8. The number of thioether (sulfide) groups is 1. The Morgan fingerprint density at radius 1 is 0.844 bits per heavy atom. The van der Waals surface area contributed by atoms with Crippen LogP contribution in [0.15, 0.2) is 89.8 Å². The van der Waals surface area contributed by atoms with Crippen LogP contribution < -0.4 is 10.6 Å². The fraction of sp³-hybridized carbons (Fsp3) is 0.250. The van der Waals surface area contributed by atoms with Crippen LogP contribution in [-0.2, 0) is 5.54 Å². The lowest BCUT2D eigenvalue weighted by molar-refractivity contribution is 0.0991. The van der Waals surface area contributed by atoms with Crippen molar-refractivity contribution in [1.29, 1.82) is 0 Å². The van der Waals surface area contributed by atoms with Crippen LogP contribution in [0.5, 0.6) is 0 Å². The molecular formula is C32H32N10O2S. The number of tetrazole rings is 2. The third-order valence-electron chi connectivity index (χ3n) is 7.34. The summed E-state index contributed by atoms with van der Waals surface area (Å²) < 4.78 is 1.84. The molecule has 3 N–H and O–H groups in total. The molecule has 0 saturated heterocycles. The number of aromatic amines is 1. The minimum atomic E-state index is -0.328. The van der Waals surface area contributed by atoms with E-state index in [4.69, 9.17) is 0 Å². The normalized spacial score (nSPS) is 14.5. The number of hydrogen-bond donors (Lipinski definition) is 3. The topological polar surface area (TPSA) is 156 Å². The van der Waals surface area contributed by atoms with Crippen molar-refractivity contribution in [1.82, 2.24) is 46.1 Å². The molecule has 0 aliphatic heterocycles. The molecule has 0 amide bonds. The lowest BCUT2D eigenvalue weighted by atomic mass is 9.95. The van der Waals surface area contributed by atoms with E-state index in [1.165, 1.54) is 17.8 Å². The molecule has 0 bridgehead atoms. The van der Waals surface area contributed by atoms with Gasteiger partial charge in [-0.1, -0.05) is 66.7 Å². The molecule has 6 rings (SSSR count). The maximum atomic E-state index is 12.9. The Hall–Kier alpha value is -5.01. The summed E-state index contributed by atoms with van der Waals surface area (Å²) in [7, 11) is 0. The molecule has 2 heterocycles. The van der Waals surface area contributed by atoms with E-state index in [0.717, 1.165) is 16.8 Å². The lowest BCUT2D eigenvalue weighted by Gasteiger charge is -2.25. The average Bonchev–Trinajstić information content (AvgIpc) is 3.76. The first-order valence-electron chi connectivity index (χ1n) is 14.5. The van der Waals surface area contributed by atoms with Gasteiger partial charge in [0.25, 0.3) is 0 Å². The number of nitrogens with zero attached hydrogens (tertiary/aromatic N) is 7. The van der Waals surface area contributed by atoms with Gasteiger partial charge in [0.1, 0.15) is 6.04 Å². The number of anilines is 1. The van der Waals surface area contributed by atoms with Crippen LogP contribution in [0, 0.1) is 0 Å². The molecule has 0 saturated carbocycles. The molecule has 3 aromatic carbocycles. The number of carbonyl (C=O) groups is 2. The molecule has 13 heteroatoms. The van der Waals surface area contributed by atoms with Crippen molar-refractivity contribution >= 4 is 29.0 Å². The highest BCUT2D eigenvalue weighted by atomic mass is 32.2. The zero-order chi connectivity index (χ0) is 31.4. The van der Waals surface area contributed by atoms with Gasteiger partial charge in [0.2, 0.25) is 0 Å². The third-order valence-corrected chi connectivity index (χ3v) is 8.36. The van der Waals surface area contributed by atoms with Crippen LogP contribution in [0.1, 0.15) is 76.3 Å². The van der Waals surface area contributed by atoms with Gasteiger partial charge in [-0.05, 0) is 64.9 Å². The van der Waals surface area contributed by atoms with Crippen molar-refractivity contribution in [2.24, 2.45) is 0 Å². The number of carbonyl (C=O) groups excluding carboxylic acids is 2. The van der Waals surface area contributed by atoms with Gasteiger partial charge in [0.05, 0.1) is 16.5 Å². The molecule has 2 aromatic heterocycles. The maximum absolute atomic E-state index is 12.9. The molecule has 2 unspecified atom stereocenters. The summed E-state index contributed by atoms with van der Waals surface area (Å²) in [6.07, 6.45) is 1.43. The summed E-state index contributed by atoms with van der Waals surface area (Å²) in [6.45, 7) is 6.73. The van der Waals surface area contributed by atoms with Crippen molar-refractivity contribution in [2.75, 3.05) is 17.6 Å². The maximum Gasteiger partial charge on any atom is 0.200 e. The van der Waals surface area contributed by atoms with E-state index >= 15 is 0 Å². The van der Waals surface area contributed by atoms with E-state index in [9.17, 15) is 9.59 Å². The van der Waals surface area contributed by atoms with Gasteiger partial charge < -0.3 is 10.6 Å². The fourth-order valence-electron chi connectivity index (χ4n) is 5.16. The van der Waals surface area contributed by atoms with Gasteiger partial charge in [-0.15, -0.1) is 22.0 Å². The van der Waals surface area contributed by atoms with Crippen molar-refractivity contribution < 1.29 is 9.59 Å². The number of H-pyrrole nitrogens is 1. The highest BCUT2D eigenvalue weighted by Gasteiger charge is 2.28. The first-order chi connectivity index (χ1) is 21.8. The third kappa shape index (κ3) is 6.59. The first-order valence-corrected chi connectivity index (χ1v) is 15.5. The summed E-state index contributed by atoms with van der Waals surface area (Å²) in [6, 6.07) is 24.4. The van der Waals surface area contributed by atoms with E-state index < -0.39 is 0 Å². The summed E-state index contributed by atoms with van der Waals surface area (Å²) in [4.78, 5) is 25.9. The summed E-state index contributed by atoms with van der Waals surface area (Å²) in [5, 5.41) is 34.3.